The van der Waals surface area contributed by atoms with Crippen LogP contribution in [0.15, 0.2) is 11.2 Å². The SMILES string of the molecule is Cc1cc(C(=O)CSc2nnc(C3CC3)n2C)c(C)n1CC(F)(F)F. The van der Waals surface area contributed by atoms with Crippen molar-refractivity contribution in [3.63, 3.8) is 0 Å². The van der Waals surface area contributed by atoms with Gasteiger partial charge in [0.25, 0.3) is 0 Å². The van der Waals surface area contributed by atoms with E-state index in [-0.39, 0.29) is 11.5 Å². The molecule has 25 heavy (non-hydrogen) atoms. The molecule has 9 heteroatoms. The zero-order chi connectivity index (χ0) is 18.4. The fourth-order valence-corrected chi connectivity index (χ4v) is 3.66. The number of nitrogens with zero attached hydrogens (tertiary/aromatic N) is 4. The van der Waals surface area contributed by atoms with E-state index < -0.39 is 12.7 Å². The van der Waals surface area contributed by atoms with Crippen molar-refractivity contribution in [1.29, 1.82) is 0 Å². The van der Waals surface area contributed by atoms with Crippen molar-refractivity contribution in [1.82, 2.24) is 19.3 Å². The number of alkyl halides is 3. The van der Waals surface area contributed by atoms with Crippen LogP contribution < -0.4 is 0 Å². The molecule has 136 valence electrons. The third kappa shape index (κ3) is 3.91. The van der Waals surface area contributed by atoms with Crippen LogP contribution in [0.2, 0.25) is 0 Å². The summed E-state index contributed by atoms with van der Waals surface area (Å²) in [7, 11) is 1.87. The zero-order valence-corrected chi connectivity index (χ0v) is 15.0. The van der Waals surface area contributed by atoms with E-state index in [1.165, 1.54) is 17.8 Å². The molecule has 1 aliphatic carbocycles. The average Bonchev–Trinajstić information content (AvgIpc) is 3.24. The monoisotopic (exact) mass is 372 g/mol. The Balaban J connectivity index is 1.70. The van der Waals surface area contributed by atoms with Crippen molar-refractivity contribution in [2.75, 3.05) is 5.75 Å². The molecule has 1 aliphatic rings. The van der Waals surface area contributed by atoms with Crippen LogP contribution in [0.1, 0.15) is 46.3 Å². The van der Waals surface area contributed by atoms with Crippen LogP contribution in [0.25, 0.3) is 0 Å². The maximum absolute atomic E-state index is 12.7. The second-order valence-corrected chi connectivity index (χ2v) is 7.31. The van der Waals surface area contributed by atoms with Crippen molar-refractivity contribution < 1.29 is 18.0 Å². The van der Waals surface area contributed by atoms with Gasteiger partial charge < -0.3 is 9.13 Å². The lowest BCUT2D eigenvalue weighted by atomic mass is 10.2. The molecule has 2 aromatic rings. The molecular weight excluding hydrogens is 353 g/mol. The van der Waals surface area contributed by atoms with Crippen LogP contribution in [0.5, 0.6) is 0 Å². The fourth-order valence-electron chi connectivity index (χ4n) is 2.86. The van der Waals surface area contributed by atoms with Gasteiger partial charge in [0.15, 0.2) is 10.9 Å². The van der Waals surface area contributed by atoms with Crippen molar-refractivity contribution in [3.8, 4) is 0 Å². The van der Waals surface area contributed by atoms with Gasteiger partial charge in [-0.1, -0.05) is 11.8 Å². The number of hydrogen-bond acceptors (Lipinski definition) is 4. The number of halogens is 3. The molecule has 1 saturated carbocycles. The Morgan fingerprint density at radius 1 is 1.32 bits per heavy atom. The highest BCUT2D eigenvalue weighted by Crippen LogP contribution is 2.39. The number of rotatable bonds is 6. The molecule has 0 aliphatic heterocycles. The molecule has 0 amide bonds. The molecule has 2 heterocycles. The second-order valence-electron chi connectivity index (χ2n) is 6.37. The van der Waals surface area contributed by atoms with Crippen LogP contribution >= 0.6 is 11.8 Å². The van der Waals surface area contributed by atoms with Gasteiger partial charge in [-0.25, -0.2) is 0 Å². The molecular formula is C16H19F3N4OS. The van der Waals surface area contributed by atoms with Crippen LogP contribution in [-0.4, -0.2) is 37.0 Å². The summed E-state index contributed by atoms with van der Waals surface area (Å²) in [6.45, 7) is 2.04. The van der Waals surface area contributed by atoms with E-state index in [0.29, 0.717) is 28.0 Å². The molecule has 0 N–H and O–H groups in total. The van der Waals surface area contributed by atoms with E-state index in [0.717, 1.165) is 23.2 Å². The number of carbonyl (C=O) groups is 1. The summed E-state index contributed by atoms with van der Waals surface area (Å²) in [6.07, 6.45) is -2.09. The lowest BCUT2D eigenvalue weighted by Crippen LogP contribution is -2.19. The van der Waals surface area contributed by atoms with Crippen molar-refractivity contribution >= 4 is 17.5 Å². The molecule has 0 aromatic carbocycles. The van der Waals surface area contributed by atoms with Gasteiger partial charge in [0.05, 0.1) is 5.75 Å². The van der Waals surface area contributed by atoms with Gasteiger partial charge in [-0.3, -0.25) is 4.79 Å². The molecule has 0 spiro atoms. The Morgan fingerprint density at radius 2 is 2.00 bits per heavy atom. The normalized spacial score (nSPS) is 15.0. The average molecular weight is 372 g/mol. The minimum absolute atomic E-state index is 0.118. The lowest BCUT2D eigenvalue weighted by Gasteiger charge is -2.12. The largest absolute Gasteiger partial charge is 0.406 e. The summed E-state index contributed by atoms with van der Waals surface area (Å²) < 4.78 is 41.0. The smallest absolute Gasteiger partial charge is 0.339 e. The second kappa shape index (κ2) is 6.51. The lowest BCUT2D eigenvalue weighted by molar-refractivity contribution is -0.141. The summed E-state index contributed by atoms with van der Waals surface area (Å²) in [5.74, 6) is 1.30. The van der Waals surface area contributed by atoms with E-state index in [2.05, 4.69) is 10.2 Å². The van der Waals surface area contributed by atoms with Gasteiger partial charge >= 0.3 is 6.18 Å². The quantitative estimate of drug-likeness (QED) is 0.574. The van der Waals surface area contributed by atoms with E-state index >= 15 is 0 Å². The highest BCUT2D eigenvalue weighted by atomic mass is 32.2. The van der Waals surface area contributed by atoms with Gasteiger partial charge in [0.2, 0.25) is 0 Å². The molecule has 0 radical (unpaired) electrons. The highest BCUT2D eigenvalue weighted by molar-refractivity contribution is 7.99. The highest BCUT2D eigenvalue weighted by Gasteiger charge is 2.31. The first-order valence-electron chi connectivity index (χ1n) is 7.96. The first-order valence-corrected chi connectivity index (χ1v) is 8.94. The van der Waals surface area contributed by atoms with E-state index in [4.69, 9.17) is 0 Å². The van der Waals surface area contributed by atoms with E-state index in [1.54, 1.807) is 13.8 Å². The van der Waals surface area contributed by atoms with Crippen LogP contribution in [0.3, 0.4) is 0 Å². The number of Topliss-reactive ketones (excluding diaryl/α,β-unsaturated/α-hetero) is 1. The van der Waals surface area contributed by atoms with E-state index in [1.807, 2.05) is 11.6 Å². The number of thioether (sulfide) groups is 1. The third-order valence-electron chi connectivity index (χ3n) is 4.35. The van der Waals surface area contributed by atoms with Gasteiger partial charge in [-0.2, -0.15) is 13.2 Å². The summed E-state index contributed by atoms with van der Waals surface area (Å²) in [6, 6.07) is 1.52. The Bertz CT molecular complexity index is 805. The molecule has 0 atom stereocenters. The molecule has 2 aromatic heterocycles. The Hall–Kier alpha value is -1.77. The maximum Gasteiger partial charge on any atom is 0.406 e. The minimum Gasteiger partial charge on any atom is -0.339 e. The summed E-state index contributed by atoms with van der Waals surface area (Å²) >= 11 is 1.26. The van der Waals surface area contributed by atoms with Crippen LogP contribution in [0, 0.1) is 13.8 Å². The predicted molar refractivity (Wildman–Crippen MR) is 88.0 cm³/mol. The van der Waals surface area contributed by atoms with Gasteiger partial charge in [0, 0.05) is 29.9 Å². The number of ketones is 1. The van der Waals surface area contributed by atoms with Gasteiger partial charge in [-0.05, 0) is 32.8 Å². The molecule has 5 nitrogen and oxygen atoms in total. The zero-order valence-electron chi connectivity index (χ0n) is 14.2. The number of aryl methyl sites for hydroxylation is 1. The topological polar surface area (TPSA) is 52.7 Å². The summed E-state index contributed by atoms with van der Waals surface area (Å²) in [5, 5.41) is 8.91. The maximum atomic E-state index is 12.7. The standard InChI is InChI=1S/C16H19F3N4OS/c1-9-6-12(10(2)23(9)8-16(17,18)19)13(24)7-25-15-21-20-14(22(15)3)11-4-5-11/h6,11H,4-5,7-8H2,1-3H3. The number of aromatic nitrogens is 4. The van der Waals surface area contributed by atoms with Gasteiger partial charge in [-0.15, -0.1) is 10.2 Å². The van der Waals surface area contributed by atoms with Gasteiger partial charge in [0.1, 0.15) is 12.4 Å². The third-order valence-corrected chi connectivity index (χ3v) is 5.38. The number of carbonyl (C=O) groups excluding carboxylic acids is 1. The van der Waals surface area contributed by atoms with Crippen molar-refractivity contribution in [3.05, 3.63) is 28.8 Å². The van der Waals surface area contributed by atoms with E-state index in [9.17, 15) is 18.0 Å². The first kappa shape index (κ1) is 18.0. The van der Waals surface area contributed by atoms with Crippen LogP contribution in [-0.2, 0) is 13.6 Å². The first-order chi connectivity index (χ1) is 11.7. The molecule has 3 rings (SSSR count). The minimum atomic E-state index is -4.32. The molecule has 0 unspecified atom stereocenters. The van der Waals surface area contributed by atoms with Crippen LogP contribution in [0.4, 0.5) is 13.2 Å². The predicted octanol–water partition coefficient (Wildman–Crippen LogP) is 3.65. The Kier molecular flexibility index (Phi) is 4.70. The molecule has 1 fully saturated rings. The number of hydrogen-bond donors (Lipinski definition) is 0. The van der Waals surface area contributed by atoms with Crippen molar-refractivity contribution in [2.45, 2.75) is 50.5 Å². The van der Waals surface area contributed by atoms with Crippen molar-refractivity contribution in [2.24, 2.45) is 7.05 Å². The molecule has 0 saturated heterocycles. The Morgan fingerprint density at radius 3 is 2.60 bits per heavy atom. The summed E-state index contributed by atoms with van der Waals surface area (Å²) in [4.78, 5) is 12.5. The molecule has 0 bridgehead atoms. The Labute approximate surface area is 147 Å². The summed E-state index contributed by atoms with van der Waals surface area (Å²) in [5.41, 5.74) is 1.11. The fraction of sp³-hybridized carbons (Fsp3) is 0.562.